The fourth-order valence-corrected chi connectivity index (χ4v) is 3.63. The summed E-state index contributed by atoms with van der Waals surface area (Å²) in [5.74, 6) is 10.9. The summed E-state index contributed by atoms with van der Waals surface area (Å²) in [5.41, 5.74) is 14.0. The Labute approximate surface area is 173 Å². The van der Waals surface area contributed by atoms with Gasteiger partial charge < -0.3 is 0 Å². The quantitative estimate of drug-likeness (QED) is 0.391. The van der Waals surface area contributed by atoms with E-state index in [0.29, 0.717) is 0 Å². The molecule has 152 valence electrons. The number of hydrogen-bond acceptors (Lipinski definition) is 5. The van der Waals surface area contributed by atoms with Gasteiger partial charge in [-0.05, 0) is 53.7 Å². The second-order valence-corrected chi connectivity index (χ2v) is 7.23. The maximum atomic E-state index is 5.45. The number of hydrogen-bond donors (Lipinski definition) is 4. The summed E-state index contributed by atoms with van der Waals surface area (Å²) >= 11 is 0. The Balaban J connectivity index is 1.98. The Bertz CT molecular complexity index is 911. The van der Waals surface area contributed by atoms with E-state index in [4.69, 9.17) is 16.7 Å². The van der Waals surface area contributed by atoms with Crippen molar-refractivity contribution in [2.24, 2.45) is 16.7 Å². The van der Waals surface area contributed by atoms with Crippen LogP contribution < -0.4 is 22.5 Å². The molecule has 0 saturated heterocycles. The lowest BCUT2D eigenvalue weighted by Gasteiger charge is -2.12. The summed E-state index contributed by atoms with van der Waals surface area (Å²) in [4.78, 5) is 4.79. The summed E-state index contributed by atoms with van der Waals surface area (Å²) in [5, 5.41) is 0. The number of nitrogens with one attached hydrogen (secondary N) is 2. The van der Waals surface area contributed by atoms with Crippen molar-refractivity contribution in [3.63, 3.8) is 0 Å². The molecule has 0 amide bonds. The van der Waals surface area contributed by atoms with Crippen molar-refractivity contribution in [3.8, 4) is 0 Å². The third kappa shape index (κ3) is 5.71. The Morgan fingerprint density at radius 1 is 0.897 bits per heavy atom. The molecule has 2 aromatic carbocycles. The second kappa shape index (κ2) is 10.8. The third-order valence-corrected chi connectivity index (χ3v) is 5.23. The Hall–Kier alpha value is -2.57. The number of allylic oxidation sites excluding steroid dienone is 3. The van der Waals surface area contributed by atoms with E-state index in [1.807, 2.05) is 6.21 Å². The molecular weight excluding hydrogens is 358 g/mol. The van der Waals surface area contributed by atoms with Gasteiger partial charge in [-0.1, -0.05) is 55.0 Å². The minimum atomic E-state index is 0.751. The van der Waals surface area contributed by atoms with Gasteiger partial charge >= 0.3 is 0 Å². The summed E-state index contributed by atoms with van der Waals surface area (Å²) in [6.07, 6.45) is 7.95. The largest absolute Gasteiger partial charge is 0.271 e. The number of aliphatic imine (C=N–C) groups is 1. The fourth-order valence-electron chi connectivity index (χ4n) is 3.63. The normalized spacial score (nSPS) is 14.1. The first-order valence-corrected chi connectivity index (χ1v) is 10.3. The van der Waals surface area contributed by atoms with Gasteiger partial charge in [0, 0.05) is 31.3 Å². The van der Waals surface area contributed by atoms with E-state index in [2.05, 4.69) is 72.4 Å². The predicted molar refractivity (Wildman–Crippen MR) is 123 cm³/mol. The molecule has 0 spiro atoms. The first-order valence-electron chi connectivity index (χ1n) is 10.3. The number of nitrogens with two attached hydrogens (primary N) is 2. The first-order chi connectivity index (χ1) is 14.2. The molecule has 0 saturated carbocycles. The lowest BCUT2D eigenvalue weighted by atomic mass is 9.93. The van der Waals surface area contributed by atoms with Crippen molar-refractivity contribution in [2.75, 3.05) is 13.1 Å². The van der Waals surface area contributed by atoms with Crippen molar-refractivity contribution in [2.45, 2.75) is 32.6 Å². The zero-order valence-corrected chi connectivity index (χ0v) is 17.1. The molecular formula is C24H31N5. The number of rotatable bonds is 9. The number of nitrogens with zero attached hydrogens (tertiary/aromatic N) is 1. The molecule has 6 N–H and O–H groups in total. The molecule has 0 aliphatic carbocycles. The van der Waals surface area contributed by atoms with Crippen molar-refractivity contribution in [1.82, 2.24) is 10.9 Å². The van der Waals surface area contributed by atoms with E-state index in [0.717, 1.165) is 50.0 Å². The number of hydrazine groups is 2. The van der Waals surface area contributed by atoms with E-state index < -0.39 is 0 Å². The standard InChI is InChI=1S/C24H31N5/c1-2-20-11-12-27-24(22-8-4-6-19(16-22)10-14-29-26)17-23(20)21-7-3-5-18(15-21)9-13-28-25/h3-8,12,15-17,28-29H,2,9-11,13-14,25-26H2,1H3. The van der Waals surface area contributed by atoms with E-state index in [-0.39, 0.29) is 0 Å². The van der Waals surface area contributed by atoms with Crippen molar-refractivity contribution < 1.29 is 0 Å². The van der Waals surface area contributed by atoms with Gasteiger partial charge in [-0.25, -0.2) is 0 Å². The molecule has 0 bridgehead atoms. The zero-order chi connectivity index (χ0) is 20.5. The highest BCUT2D eigenvalue weighted by Gasteiger charge is 2.12. The van der Waals surface area contributed by atoms with Crippen molar-refractivity contribution in [3.05, 3.63) is 82.4 Å². The van der Waals surface area contributed by atoms with E-state index >= 15 is 0 Å². The van der Waals surface area contributed by atoms with Crippen LogP contribution in [0.1, 0.15) is 42.0 Å². The topological polar surface area (TPSA) is 88.5 Å². The van der Waals surface area contributed by atoms with Crippen LogP contribution in [0.2, 0.25) is 0 Å². The van der Waals surface area contributed by atoms with Crippen molar-refractivity contribution >= 4 is 17.5 Å². The molecule has 1 aliphatic heterocycles. The number of benzene rings is 2. The molecule has 29 heavy (non-hydrogen) atoms. The second-order valence-electron chi connectivity index (χ2n) is 7.23. The smallest absolute Gasteiger partial charge is 0.0704 e. The van der Waals surface area contributed by atoms with Crippen molar-refractivity contribution in [1.29, 1.82) is 0 Å². The highest BCUT2D eigenvalue weighted by Crippen LogP contribution is 2.31. The molecule has 0 fully saturated rings. The maximum Gasteiger partial charge on any atom is 0.0704 e. The summed E-state index contributed by atoms with van der Waals surface area (Å²) in [6, 6.07) is 17.3. The Kier molecular flexibility index (Phi) is 7.90. The van der Waals surface area contributed by atoms with E-state index in [1.54, 1.807) is 0 Å². The first kappa shape index (κ1) is 21.1. The van der Waals surface area contributed by atoms with Crippen LogP contribution in [0.25, 0.3) is 11.3 Å². The highest BCUT2D eigenvalue weighted by atomic mass is 15.2. The average molecular weight is 390 g/mol. The van der Waals surface area contributed by atoms with E-state index in [1.165, 1.54) is 27.8 Å². The van der Waals surface area contributed by atoms with Crippen LogP contribution in [0.4, 0.5) is 0 Å². The molecule has 1 heterocycles. The van der Waals surface area contributed by atoms with Gasteiger partial charge in [0.25, 0.3) is 0 Å². The van der Waals surface area contributed by atoms with Crippen LogP contribution in [-0.4, -0.2) is 19.3 Å². The van der Waals surface area contributed by atoms with E-state index in [9.17, 15) is 0 Å². The predicted octanol–water partition coefficient (Wildman–Crippen LogP) is 3.38. The summed E-state index contributed by atoms with van der Waals surface area (Å²) < 4.78 is 0. The molecule has 2 aromatic rings. The Morgan fingerprint density at radius 2 is 1.52 bits per heavy atom. The van der Waals surface area contributed by atoms with Crippen LogP contribution >= 0.6 is 0 Å². The van der Waals surface area contributed by atoms with Gasteiger partial charge in [0.15, 0.2) is 0 Å². The molecule has 5 heteroatoms. The van der Waals surface area contributed by atoms with Crippen LogP contribution in [0, 0.1) is 0 Å². The molecule has 3 rings (SSSR count). The molecule has 0 radical (unpaired) electrons. The molecule has 0 unspecified atom stereocenters. The average Bonchev–Trinajstić information content (AvgIpc) is 2.99. The fraction of sp³-hybridized carbons (Fsp3) is 0.292. The molecule has 0 aromatic heterocycles. The Morgan fingerprint density at radius 3 is 2.14 bits per heavy atom. The SMILES string of the molecule is CCC1=C(c2cccc(CCNN)c2)C=C(c2cccc(CCNN)c2)N=CC1. The lowest BCUT2D eigenvalue weighted by Crippen LogP contribution is -2.24. The highest BCUT2D eigenvalue weighted by molar-refractivity contribution is 5.91. The summed E-state index contributed by atoms with van der Waals surface area (Å²) in [6.45, 7) is 3.73. The molecule has 1 aliphatic rings. The van der Waals surface area contributed by atoms with Gasteiger partial charge in [-0.2, -0.15) is 0 Å². The van der Waals surface area contributed by atoms with Crippen LogP contribution in [0.5, 0.6) is 0 Å². The maximum absolute atomic E-state index is 5.45. The lowest BCUT2D eigenvalue weighted by molar-refractivity contribution is 0.728. The van der Waals surface area contributed by atoms with Gasteiger partial charge in [0.1, 0.15) is 0 Å². The van der Waals surface area contributed by atoms with Crippen LogP contribution in [0.3, 0.4) is 0 Å². The molecule has 0 atom stereocenters. The minimum Gasteiger partial charge on any atom is -0.271 e. The van der Waals surface area contributed by atoms with Gasteiger partial charge in [-0.3, -0.25) is 27.5 Å². The van der Waals surface area contributed by atoms with Crippen LogP contribution in [0.15, 0.2) is 65.2 Å². The van der Waals surface area contributed by atoms with Gasteiger partial charge in [0.05, 0.1) is 5.70 Å². The minimum absolute atomic E-state index is 0.751. The van der Waals surface area contributed by atoms with Crippen LogP contribution in [-0.2, 0) is 12.8 Å². The van der Waals surface area contributed by atoms with Gasteiger partial charge in [0.2, 0.25) is 0 Å². The zero-order valence-electron chi connectivity index (χ0n) is 17.1. The molecule has 5 nitrogen and oxygen atoms in total. The third-order valence-electron chi connectivity index (χ3n) is 5.23. The summed E-state index contributed by atoms with van der Waals surface area (Å²) in [7, 11) is 0. The monoisotopic (exact) mass is 389 g/mol. The van der Waals surface area contributed by atoms with Gasteiger partial charge in [-0.15, -0.1) is 0 Å².